The quantitative estimate of drug-likeness (QED) is 0.752. The number of methoxy groups -OCH3 is 1. The normalized spacial score (nSPS) is 11.9. The second-order valence-electron chi connectivity index (χ2n) is 3.42. The molecular weight excluding hydrogens is 229 g/mol. The number of rotatable bonds is 4. The van der Waals surface area contributed by atoms with Crippen LogP contribution in [-0.4, -0.2) is 30.2 Å². The molecule has 0 amide bonds. The molecule has 0 fully saturated rings. The van der Waals surface area contributed by atoms with Crippen molar-refractivity contribution in [3.8, 4) is 0 Å². The van der Waals surface area contributed by atoms with Crippen LogP contribution in [0.2, 0.25) is 0 Å². The van der Waals surface area contributed by atoms with Crippen LogP contribution in [-0.2, 0) is 16.0 Å². The molecule has 0 unspecified atom stereocenters. The summed E-state index contributed by atoms with van der Waals surface area (Å²) >= 11 is 0. The number of ether oxygens (including phenoxy) is 1. The van der Waals surface area contributed by atoms with Gasteiger partial charge in [-0.15, -0.1) is 0 Å². The predicted octanol–water partition coefficient (Wildman–Crippen LogP) is 0.567. The lowest BCUT2D eigenvalue weighted by Gasteiger charge is -2.10. The van der Waals surface area contributed by atoms with Crippen molar-refractivity contribution in [2.24, 2.45) is 5.73 Å². The van der Waals surface area contributed by atoms with Crippen LogP contribution in [0.15, 0.2) is 18.2 Å². The monoisotopic (exact) mass is 241 g/mol. The molecule has 1 rings (SSSR count). The molecule has 6 heteroatoms. The Hall–Kier alpha value is -1.95. The fourth-order valence-electron chi connectivity index (χ4n) is 1.37. The molecule has 92 valence electrons. The van der Waals surface area contributed by atoms with Crippen molar-refractivity contribution in [2.45, 2.75) is 12.5 Å². The van der Waals surface area contributed by atoms with E-state index >= 15 is 0 Å². The zero-order valence-electron chi connectivity index (χ0n) is 9.14. The second-order valence-corrected chi connectivity index (χ2v) is 3.42. The molecule has 3 N–H and O–H groups in total. The topological polar surface area (TPSA) is 89.6 Å². The third-order valence-electron chi connectivity index (χ3n) is 2.25. The summed E-state index contributed by atoms with van der Waals surface area (Å²) < 4.78 is 18.1. The Kier molecular flexibility index (Phi) is 4.17. The Morgan fingerprint density at radius 3 is 2.71 bits per heavy atom. The maximum atomic E-state index is 13.7. The molecule has 0 aromatic heterocycles. The molecule has 0 spiro atoms. The summed E-state index contributed by atoms with van der Waals surface area (Å²) in [4.78, 5) is 21.7. The molecule has 0 saturated carbocycles. The average molecular weight is 241 g/mol. The smallest absolute Gasteiger partial charge is 0.338 e. The van der Waals surface area contributed by atoms with Crippen LogP contribution in [0.4, 0.5) is 4.39 Å². The van der Waals surface area contributed by atoms with Gasteiger partial charge in [0.2, 0.25) is 0 Å². The van der Waals surface area contributed by atoms with E-state index in [-0.39, 0.29) is 12.0 Å². The van der Waals surface area contributed by atoms with E-state index in [1.54, 1.807) is 0 Å². The van der Waals surface area contributed by atoms with Crippen LogP contribution in [0.25, 0.3) is 0 Å². The van der Waals surface area contributed by atoms with E-state index in [0.29, 0.717) is 0 Å². The number of hydrogen-bond donors (Lipinski definition) is 2. The van der Waals surface area contributed by atoms with Crippen molar-refractivity contribution >= 4 is 11.9 Å². The number of benzene rings is 1. The van der Waals surface area contributed by atoms with Crippen molar-refractivity contribution < 1.29 is 23.8 Å². The fourth-order valence-corrected chi connectivity index (χ4v) is 1.37. The highest BCUT2D eigenvalue weighted by Gasteiger charge is 2.19. The molecule has 17 heavy (non-hydrogen) atoms. The summed E-state index contributed by atoms with van der Waals surface area (Å²) in [5, 5.41) is 8.72. The molecule has 1 atom stereocenters. The lowest BCUT2D eigenvalue weighted by Crippen LogP contribution is -2.34. The number of nitrogens with two attached hydrogens (primary N) is 1. The van der Waals surface area contributed by atoms with Gasteiger partial charge in [0.05, 0.1) is 12.7 Å². The van der Waals surface area contributed by atoms with E-state index in [4.69, 9.17) is 10.8 Å². The Bertz CT molecular complexity index is 447. The van der Waals surface area contributed by atoms with E-state index < -0.39 is 29.4 Å². The van der Waals surface area contributed by atoms with E-state index in [1.165, 1.54) is 19.2 Å². The van der Waals surface area contributed by atoms with Crippen LogP contribution < -0.4 is 5.73 Å². The zero-order chi connectivity index (χ0) is 13.0. The van der Waals surface area contributed by atoms with Crippen LogP contribution in [0.3, 0.4) is 0 Å². The van der Waals surface area contributed by atoms with Gasteiger partial charge in [0.15, 0.2) is 0 Å². The Morgan fingerprint density at radius 2 is 2.18 bits per heavy atom. The zero-order valence-corrected chi connectivity index (χ0v) is 9.14. The fraction of sp³-hybridized carbons (Fsp3) is 0.273. The highest BCUT2D eigenvalue weighted by molar-refractivity contribution is 5.88. The van der Waals surface area contributed by atoms with Gasteiger partial charge >= 0.3 is 11.9 Å². The Labute approximate surface area is 97.0 Å². The number of carbonyl (C=O) groups excluding carboxylic acids is 1. The van der Waals surface area contributed by atoms with Gasteiger partial charge in [0.25, 0.3) is 0 Å². The van der Waals surface area contributed by atoms with Crippen molar-refractivity contribution in [2.75, 3.05) is 7.11 Å². The molecular formula is C11H12FNO4. The molecule has 5 nitrogen and oxygen atoms in total. The Morgan fingerprint density at radius 1 is 1.53 bits per heavy atom. The molecule has 0 aliphatic heterocycles. The van der Waals surface area contributed by atoms with Crippen molar-refractivity contribution in [3.05, 3.63) is 35.1 Å². The van der Waals surface area contributed by atoms with E-state index in [9.17, 15) is 14.0 Å². The molecule has 0 aliphatic rings. The first-order valence-corrected chi connectivity index (χ1v) is 4.81. The van der Waals surface area contributed by atoms with Gasteiger partial charge in [-0.1, -0.05) is 12.1 Å². The molecule has 0 aliphatic carbocycles. The van der Waals surface area contributed by atoms with Gasteiger partial charge < -0.3 is 15.6 Å². The van der Waals surface area contributed by atoms with Gasteiger partial charge in [0.1, 0.15) is 11.9 Å². The number of carboxylic acid groups (broad SMARTS) is 1. The van der Waals surface area contributed by atoms with Crippen molar-refractivity contribution in [1.82, 2.24) is 0 Å². The van der Waals surface area contributed by atoms with E-state index in [1.807, 2.05) is 0 Å². The average Bonchev–Trinajstić information content (AvgIpc) is 2.30. The Balaban J connectivity index is 2.96. The van der Waals surface area contributed by atoms with Gasteiger partial charge in [-0.2, -0.15) is 0 Å². The molecule has 0 bridgehead atoms. The number of hydrogen-bond acceptors (Lipinski definition) is 4. The second kappa shape index (κ2) is 5.40. The standard InChI is InChI=1S/C11H12FNO4/c1-17-11(16)8(13)5-6-3-2-4-7(9(6)12)10(14)15/h2-4,8H,5,13H2,1H3,(H,14,15)/t8-/m1/s1. The number of carboxylic acids is 1. The first kappa shape index (κ1) is 13.1. The van der Waals surface area contributed by atoms with Crippen molar-refractivity contribution in [1.29, 1.82) is 0 Å². The number of halogens is 1. The summed E-state index contributed by atoms with van der Waals surface area (Å²) in [6, 6.07) is 2.90. The van der Waals surface area contributed by atoms with Gasteiger partial charge in [-0.3, -0.25) is 4.79 Å². The molecule has 1 aromatic carbocycles. The van der Waals surface area contributed by atoms with Gasteiger partial charge in [0, 0.05) is 6.42 Å². The van der Waals surface area contributed by atoms with E-state index in [0.717, 1.165) is 6.07 Å². The summed E-state index contributed by atoms with van der Waals surface area (Å²) in [5.41, 5.74) is 5.09. The van der Waals surface area contributed by atoms with Gasteiger partial charge in [-0.25, -0.2) is 9.18 Å². The minimum atomic E-state index is -1.36. The number of aromatic carboxylic acids is 1. The summed E-state index contributed by atoms with van der Waals surface area (Å²) in [6.45, 7) is 0. The first-order valence-electron chi connectivity index (χ1n) is 4.81. The predicted molar refractivity (Wildman–Crippen MR) is 57.1 cm³/mol. The summed E-state index contributed by atoms with van der Waals surface area (Å²) in [7, 11) is 1.17. The molecule has 0 radical (unpaired) electrons. The third-order valence-corrected chi connectivity index (χ3v) is 2.25. The lowest BCUT2D eigenvalue weighted by atomic mass is 10.0. The van der Waals surface area contributed by atoms with Crippen molar-refractivity contribution in [3.63, 3.8) is 0 Å². The largest absolute Gasteiger partial charge is 0.478 e. The van der Waals surface area contributed by atoms with Crippen LogP contribution in [0, 0.1) is 5.82 Å². The maximum Gasteiger partial charge on any atom is 0.338 e. The number of carbonyl (C=O) groups is 2. The maximum absolute atomic E-state index is 13.7. The lowest BCUT2D eigenvalue weighted by molar-refractivity contribution is -0.142. The minimum Gasteiger partial charge on any atom is -0.478 e. The first-order chi connectivity index (χ1) is 7.97. The van der Waals surface area contributed by atoms with Crippen LogP contribution >= 0.6 is 0 Å². The highest BCUT2D eigenvalue weighted by atomic mass is 19.1. The third kappa shape index (κ3) is 3.01. The van der Waals surface area contributed by atoms with Crippen LogP contribution in [0.5, 0.6) is 0 Å². The molecule has 0 heterocycles. The summed E-state index contributed by atoms with van der Waals surface area (Å²) in [6.07, 6.45) is -0.111. The van der Waals surface area contributed by atoms with Crippen LogP contribution in [0.1, 0.15) is 15.9 Å². The minimum absolute atomic E-state index is 0.0720. The molecule has 0 saturated heterocycles. The number of esters is 1. The SMILES string of the molecule is COC(=O)[C@H](N)Cc1cccc(C(=O)O)c1F. The van der Waals surface area contributed by atoms with Gasteiger partial charge in [-0.05, 0) is 11.6 Å². The van der Waals surface area contributed by atoms with E-state index in [2.05, 4.69) is 4.74 Å². The molecule has 1 aromatic rings. The summed E-state index contributed by atoms with van der Waals surface area (Å²) in [5.74, 6) is -2.92. The highest BCUT2D eigenvalue weighted by Crippen LogP contribution is 2.14.